The van der Waals surface area contributed by atoms with Crippen molar-refractivity contribution in [1.29, 1.82) is 0 Å². The van der Waals surface area contributed by atoms with Crippen LogP contribution >= 0.6 is 0 Å². The Balaban J connectivity index is 2.15. The molecular weight excluding hydrogens is 252 g/mol. The van der Waals surface area contributed by atoms with E-state index in [-0.39, 0.29) is 12.2 Å². The molecule has 0 saturated heterocycles. The summed E-state index contributed by atoms with van der Waals surface area (Å²) in [6, 6.07) is 3.23. The molecule has 6 heteroatoms. The number of halogens is 2. The van der Waals surface area contributed by atoms with E-state index in [9.17, 15) is 8.78 Å². The Hall–Kier alpha value is -2.08. The molecule has 1 aromatic carbocycles. The minimum atomic E-state index is -0.522. The van der Waals surface area contributed by atoms with Crippen LogP contribution in [0.1, 0.15) is 6.42 Å². The van der Waals surface area contributed by atoms with Gasteiger partial charge in [0.05, 0.1) is 0 Å². The van der Waals surface area contributed by atoms with Crippen molar-refractivity contribution in [2.45, 2.75) is 6.42 Å². The smallest absolute Gasteiger partial charge is 0.222 e. The monoisotopic (exact) mass is 265 g/mol. The van der Waals surface area contributed by atoms with Crippen LogP contribution in [0.4, 0.5) is 14.7 Å². The van der Waals surface area contributed by atoms with Gasteiger partial charge in [-0.25, -0.2) is 18.7 Å². The standard InChI is InChI=1S/C13H13F2N3O/c14-10-2-3-12(15)11(6-10)9-7-17-13(18-8-9)16-4-1-5-19/h2-3,6-8,19H,1,4-5H2,(H,16,17,18). The highest BCUT2D eigenvalue weighted by molar-refractivity contribution is 5.62. The van der Waals surface area contributed by atoms with Crippen molar-refractivity contribution in [2.24, 2.45) is 0 Å². The maximum absolute atomic E-state index is 13.5. The van der Waals surface area contributed by atoms with E-state index in [1.165, 1.54) is 12.4 Å². The molecule has 19 heavy (non-hydrogen) atoms. The minimum absolute atomic E-state index is 0.0829. The summed E-state index contributed by atoms with van der Waals surface area (Å²) in [5.41, 5.74) is 0.534. The van der Waals surface area contributed by atoms with Crippen LogP contribution in [0, 0.1) is 11.6 Å². The van der Waals surface area contributed by atoms with Gasteiger partial charge in [-0.2, -0.15) is 0 Å². The van der Waals surface area contributed by atoms with Gasteiger partial charge in [-0.15, -0.1) is 0 Å². The fourth-order valence-corrected chi connectivity index (χ4v) is 1.56. The van der Waals surface area contributed by atoms with Crippen LogP contribution in [-0.4, -0.2) is 28.2 Å². The molecule has 100 valence electrons. The molecule has 0 saturated carbocycles. The van der Waals surface area contributed by atoms with Crippen LogP contribution in [0.15, 0.2) is 30.6 Å². The van der Waals surface area contributed by atoms with E-state index in [1.54, 1.807) is 0 Å². The highest BCUT2D eigenvalue weighted by Gasteiger charge is 2.07. The molecule has 1 heterocycles. The predicted molar refractivity (Wildman–Crippen MR) is 67.6 cm³/mol. The summed E-state index contributed by atoms with van der Waals surface area (Å²) in [4.78, 5) is 8.01. The van der Waals surface area contributed by atoms with Gasteiger partial charge in [0, 0.05) is 36.7 Å². The third kappa shape index (κ3) is 3.45. The number of aliphatic hydroxyl groups is 1. The molecule has 0 fully saturated rings. The molecule has 2 rings (SSSR count). The maximum Gasteiger partial charge on any atom is 0.222 e. The lowest BCUT2D eigenvalue weighted by molar-refractivity contribution is 0.292. The summed E-state index contributed by atoms with van der Waals surface area (Å²) in [5, 5.41) is 11.5. The van der Waals surface area contributed by atoms with Crippen LogP contribution < -0.4 is 5.32 Å². The number of rotatable bonds is 5. The molecule has 4 nitrogen and oxygen atoms in total. The molecule has 2 N–H and O–H groups in total. The Morgan fingerprint density at radius 1 is 1.16 bits per heavy atom. The summed E-state index contributed by atoms with van der Waals surface area (Å²) >= 11 is 0. The third-order valence-corrected chi connectivity index (χ3v) is 2.51. The second kappa shape index (κ2) is 6.19. The van der Waals surface area contributed by atoms with Crippen LogP contribution in [0.25, 0.3) is 11.1 Å². The van der Waals surface area contributed by atoms with Gasteiger partial charge in [0.2, 0.25) is 5.95 Å². The fourth-order valence-electron chi connectivity index (χ4n) is 1.56. The van der Waals surface area contributed by atoms with Gasteiger partial charge in [-0.1, -0.05) is 0 Å². The van der Waals surface area contributed by atoms with Gasteiger partial charge < -0.3 is 10.4 Å². The first kappa shape index (κ1) is 13.4. The lowest BCUT2D eigenvalue weighted by Crippen LogP contribution is -2.06. The average molecular weight is 265 g/mol. The van der Waals surface area contributed by atoms with E-state index in [0.29, 0.717) is 24.5 Å². The first-order chi connectivity index (χ1) is 9.20. The highest BCUT2D eigenvalue weighted by Crippen LogP contribution is 2.22. The number of nitrogens with one attached hydrogen (secondary N) is 1. The predicted octanol–water partition coefficient (Wildman–Crippen LogP) is 2.22. The fraction of sp³-hybridized carbons (Fsp3) is 0.231. The van der Waals surface area contributed by atoms with Gasteiger partial charge >= 0.3 is 0 Å². The van der Waals surface area contributed by atoms with Crippen molar-refractivity contribution in [3.8, 4) is 11.1 Å². The first-order valence-electron chi connectivity index (χ1n) is 5.83. The molecule has 0 aliphatic rings. The molecule has 0 atom stereocenters. The maximum atomic E-state index is 13.5. The number of hydrogen-bond donors (Lipinski definition) is 2. The molecule has 2 aromatic rings. The number of benzene rings is 1. The zero-order chi connectivity index (χ0) is 13.7. The van der Waals surface area contributed by atoms with E-state index in [0.717, 1.165) is 18.2 Å². The SMILES string of the molecule is OCCCNc1ncc(-c2cc(F)ccc2F)cn1. The van der Waals surface area contributed by atoms with Crippen molar-refractivity contribution in [1.82, 2.24) is 9.97 Å². The Morgan fingerprint density at radius 2 is 1.89 bits per heavy atom. The van der Waals surface area contributed by atoms with Crippen LogP contribution in [0.2, 0.25) is 0 Å². The number of hydrogen-bond acceptors (Lipinski definition) is 4. The lowest BCUT2D eigenvalue weighted by atomic mass is 10.1. The topological polar surface area (TPSA) is 58.0 Å². The van der Waals surface area contributed by atoms with E-state index in [4.69, 9.17) is 5.11 Å². The Bertz CT molecular complexity index is 546. The number of anilines is 1. The molecular formula is C13H13F2N3O. The van der Waals surface area contributed by atoms with Gasteiger partial charge in [-0.05, 0) is 24.6 Å². The second-order valence-electron chi connectivity index (χ2n) is 3.92. The number of nitrogens with zero attached hydrogens (tertiary/aromatic N) is 2. The molecule has 0 amide bonds. The number of aromatic nitrogens is 2. The summed E-state index contributed by atoms with van der Waals surface area (Å²) in [6.07, 6.45) is 3.43. The van der Waals surface area contributed by atoms with Crippen LogP contribution in [0.3, 0.4) is 0 Å². The minimum Gasteiger partial charge on any atom is -0.396 e. The molecule has 0 aliphatic heterocycles. The van der Waals surface area contributed by atoms with Crippen LogP contribution in [-0.2, 0) is 0 Å². The van der Waals surface area contributed by atoms with Crippen molar-refractivity contribution >= 4 is 5.95 Å². The van der Waals surface area contributed by atoms with E-state index < -0.39 is 11.6 Å². The normalized spacial score (nSPS) is 10.5. The Kier molecular flexibility index (Phi) is 4.35. The molecule has 1 aromatic heterocycles. The van der Waals surface area contributed by atoms with Gasteiger partial charge in [0.1, 0.15) is 11.6 Å². The third-order valence-electron chi connectivity index (χ3n) is 2.51. The molecule has 0 aliphatic carbocycles. The summed E-state index contributed by atoms with van der Waals surface area (Å²) in [7, 11) is 0. The lowest BCUT2D eigenvalue weighted by Gasteiger charge is -2.05. The molecule has 0 radical (unpaired) electrons. The average Bonchev–Trinajstić information content (AvgIpc) is 2.43. The van der Waals surface area contributed by atoms with E-state index >= 15 is 0 Å². The van der Waals surface area contributed by atoms with Gasteiger partial charge in [-0.3, -0.25) is 0 Å². The van der Waals surface area contributed by atoms with Gasteiger partial charge in [0.25, 0.3) is 0 Å². The van der Waals surface area contributed by atoms with E-state index in [1.807, 2.05) is 0 Å². The quantitative estimate of drug-likeness (QED) is 0.814. The highest BCUT2D eigenvalue weighted by atomic mass is 19.1. The Labute approximate surface area is 109 Å². The van der Waals surface area contributed by atoms with Gasteiger partial charge in [0.15, 0.2) is 0 Å². The van der Waals surface area contributed by atoms with Crippen molar-refractivity contribution < 1.29 is 13.9 Å². The van der Waals surface area contributed by atoms with Crippen LogP contribution in [0.5, 0.6) is 0 Å². The second-order valence-corrected chi connectivity index (χ2v) is 3.92. The zero-order valence-corrected chi connectivity index (χ0v) is 10.1. The largest absolute Gasteiger partial charge is 0.396 e. The summed E-state index contributed by atoms with van der Waals surface area (Å²) < 4.78 is 26.6. The molecule has 0 bridgehead atoms. The van der Waals surface area contributed by atoms with Crippen molar-refractivity contribution in [3.05, 3.63) is 42.2 Å². The first-order valence-corrected chi connectivity index (χ1v) is 5.83. The Morgan fingerprint density at radius 3 is 2.58 bits per heavy atom. The van der Waals surface area contributed by atoms with Crippen molar-refractivity contribution in [3.63, 3.8) is 0 Å². The van der Waals surface area contributed by atoms with E-state index in [2.05, 4.69) is 15.3 Å². The summed E-state index contributed by atoms with van der Waals surface area (Å²) in [5.74, 6) is -0.651. The number of aliphatic hydroxyl groups excluding tert-OH is 1. The zero-order valence-electron chi connectivity index (χ0n) is 10.1. The van der Waals surface area contributed by atoms with Crippen molar-refractivity contribution in [2.75, 3.05) is 18.5 Å². The molecule has 0 unspecified atom stereocenters. The summed E-state index contributed by atoms with van der Waals surface area (Å²) in [6.45, 7) is 0.629. The molecule has 0 spiro atoms.